The van der Waals surface area contributed by atoms with E-state index in [-0.39, 0.29) is 9.71 Å². The number of ketones is 1. The van der Waals surface area contributed by atoms with Gasteiger partial charge in [0.15, 0.2) is 0 Å². The predicted octanol–water partition coefficient (Wildman–Crippen LogP) is 2.75. The van der Waals surface area contributed by atoms with Gasteiger partial charge in [-0.25, -0.2) is 4.79 Å². The molecule has 0 spiro atoms. The molecule has 0 aromatic heterocycles. The van der Waals surface area contributed by atoms with Crippen LogP contribution in [0.25, 0.3) is 0 Å². The summed E-state index contributed by atoms with van der Waals surface area (Å²) in [5.41, 5.74) is 1.36. The van der Waals surface area contributed by atoms with E-state index in [4.69, 9.17) is 5.11 Å². The summed E-state index contributed by atoms with van der Waals surface area (Å²) in [4.78, 5) is 26.1. The molecule has 4 nitrogen and oxygen atoms in total. The molecule has 0 aromatic carbocycles. The number of hydrogen-bond acceptors (Lipinski definition) is 3. The zero-order valence-electron chi connectivity index (χ0n) is 9.78. The molecule has 0 radical (unpaired) electrons. The van der Waals surface area contributed by atoms with E-state index in [1.54, 1.807) is 0 Å². The predicted molar refractivity (Wildman–Crippen MR) is 74.7 cm³/mol. The number of nitrogens with zero attached hydrogens (tertiary/aromatic N) is 1. The van der Waals surface area contributed by atoms with Crippen LogP contribution in [0.5, 0.6) is 0 Å². The SMILES string of the molecule is CCC(=O)CCCC1=NC=C(C(=O)O)CC1I. The van der Waals surface area contributed by atoms with Gasteiger partial charge in [-0.1, -0.05) is 29.5 Å². The van der Waals surface area contributed by atoms with Gasteiger partial charge in [0.1, 0.15) is 5.78 Å². The topological polar surface area (TPSA) is 66.7 Å². The first-order valence-corrected chi connectivity index (χ1v) is 6.93. The molecular formula is C12H16INO3. The van der Waals surface area contributed by atoms with Crippen LogP contribution in [-0.4, -0.2) is 26.5 Å². The first-order chi connectivity index (χ1) is 8.04. The Labute approximate surface area is 114 Å². The van der Waals surface area contributed by atoms with Crippen molar-refractivity contribution in [2.24, 2.45) is 4.99 Å². The average molecular weight is 349 g/mol. The molecule has 17 heavy (non-hydrogen) atoms. The monoisotopic (exact) mass is 349 g/mol. The fourth-order valence-electron chi connectivity index (χ4n) is 1.61. The second kappa shape index (κ2) is 6.88. The molecule has 1 N–H and O–H groups in total. The lowest BCUT2D eigenvalue weighted by Crippen LogP contribution is -2.20. The van der Waals surface area contributed by atoms with E-state index in [0.29, 0.717) is 24.8 Å². The molecule has 0 amide bonds. The highest BCUT2D eigenvalue weighted by Crippen LogP contribution is 2.23. The highest BCUT2D eigenvalue weighted by molar-refractivity contribution is 14.1. The minimum Gasteiger partial charge on any atom is -0.478 e. The first-order valence-electron chi connectivity index (χ1n) is 5.69. The normalized spacial score (nSPS) is 19.5. The van der Waals surface area contributed by atoms with Crippen LogP contribution in [-0.2, 0) is 9.59 Å². The third-order valence-corrected chi connectivity index (χ3v) is 3.86. The molecule has 1 atom stereocenters. The van der Waals surface area contributed by atoms with Gasteiger partial charge < -0.3 is 5.11 Å². The lowest BCUT2D eigenvalue weighted by Gasteiger charge is -2.17. The standard InChI is InChI=1S/C12H16INO3/c1-2-9(15)4-3-5-11-10(13)6-8(7-14-11)12(16)17/h7,10H,2-6H2,1H3,(H,16,17). The van der Waals surface area contributed by atoms with Crippen LogP contribution in [0.4, 0.5) is 0 Å². The third kappa shape index (κ3) is 4.57. The number of aliphatic carboxylic acids is 1. The van der Waals surface area contributed by atoms with Crippen LogP contribution in [0.3, 0.4) is 0 Å². The van der Waals surface area contributed by atoms with E-state index in [1.807, 2.05) is 6.92 Å². The maximum atomic E-state index is 11.1. The highest BCUT2D eigenvalue weighted by Gasteiger charge is 2.21. The molecule has 1 heterocycles. The molecule has 0 bridgehead atoms. The van der Waals surface area contributed by atoms with Gasteiger partial charge in [0, 0.05) is 24.8 Å². The lowest BCUT2D eigenvalue weighted by molar-refractivity contribution is -0.132. The molecule has 1 rings (SSSR count). The number of aliphatic imine (C=N–C) groups is 1. The van der Waals surface area contributed by atoms with Crippen molar-refractivity contribution in [1.29, 1.82) is 0 Å². The maximum absolute atomic E-state index is 11.1. The number of Topliss-reactive ketones (excluding diaryl/α,β-unsaturated/α-hetero) is 1. The molecule has 0 saturated carbocycles. The Kier molecular flexibility index (Phi) is 5.80. The number of hydrogen-bond donors (Lipinski definition) is 1. The van der Waals surface area contributed by atoms with E-state index in [0.717, 1.165) is 18.6 Å². The largest absolute Gasteiger partial charge is 0.478 e. The average Bonchev–Trinajstić information content (AvgIpc) is 2.30. The number of carbonyl (C=O) groups excluding carboxylic acids is 1. The second-order valence-electron chi connectivity index (χ2n) is 4.00. The Morgan fingerprint density at radius 2 is 2.29 bits per heavy atom. The van der Waals surface area contributed by atoms with Crippen LogP contribution in [0.15, 0.2) is 16.8 Å². The molecule has 94 valence electrons. The van der Waals surface area contributed by atoms with Crippen molar-refractivity contribution < 1.29 is 14.7 Å². The van der Waals surface area contributed by atoms with Crippen molar-refractivity contribution in [3.05, 3.63) is 11.8 Å². The number of rotatable bonds is 6. The fraction of sp³-hybridized carbons (Fsp3) is 0.583. The van der Waals surface area contributed by atoms with Gasteiger partial charge in [0.2, 0.25) is 0 Å². The molecule has 5 heteroatoms. The van der Waals surface area contributed by atoms with Gasteiger partial charge in [0.25, 0.3) is 0 Å². The summed E-state index contributed by atoms with van der Waals surface area (Å²) in [6.45, 7) is 1.86. The van der Waals surface area contributed by atoms with Crippen LogP contribution >= 0.6 is 22.6 Å². The van der Waals surface area contributed by atoms with Gasteiger partial charge in [-0.2, -0.15) is 0 Å². The third-order valence-electron chi connectivity index (χ3n) is 2.70. The summed E-state index contributed by atoms with van der Waals surface area (Å²) >= 11 is 2.21. The summed E-state index contributed by atoms with van der Waals surface area (Å²) < 4.78 is 0.139. The number of alkyl halides is 1. The fourth-order valence-corrected chi connectivity index (χ4v) is 2.56. The van der Waals surface area contributed by atoms with Crippen molar-refractivity contribution in [3.8, 4) is 0 Å². The summed E-state index contributed by atoms with van der Waals surface area (Å²) in [6, 6.07) is 0. The van der Waals surface area contributed by atoms with E-state index in [2.05, 4.69) is 27.6 Å². The maximum Gasteiger partial charge on any atom is 0.333 e. The van der Waals surface area contributed by atoms with Crippen molar-refractivity contribution >= 4 is 40.1 Å². The Hall–Kier alpha value is -0.720. The smallest absolute Gasteiger partial charge is 0.333 e. The zero-order valence-corrected chi connectivity index (χ0v) is 11.9. The van der Waals surface area contributed by atoms with E-state index < -0.39 is 5.97 Å². The van der Waals surface area contributed by atoms with Crippen LogP contribution in [0.1, 0.15) is 39.0 Å². The summed E-state index contributed by atoms with van der Waals surface area (Å²) in [7, 11) is 0. The van der Waals surface area contributed by atoms with Crippen LogP contribution < -0.4 is 0 Å². The summed E-state index contributed by atoms with van der Waals surface area (Å²) in [5.74, 6) is -0.621. The Morgan fingerprint density at radius 3 is 2.82 bits per heavy atom. The van der Waals surface area contributed by atoms with Crippen molar-refractivity contribution in [2.75, 3.05) is 0 Å². The zero-order chi connectivity index (χ0) is 12.8. The molecule has 0 aromatic rings. The Bertz CT molecular complexity index is 374. The molecule has 0 aliphatic carbocycles. The van der Waals surface area contributed by atoms with Crippen LogP contribution in [0.2, 0.25) is 0 Å². The number of carboxylic acids is 1. The number of carboxylic acid groups (broad SMARTS) is 1. The summed E-state index contributed by atoms with van der Waals surface area (Å²) in [5, 5.41) is 8.84. The quantitative estimate of drug-likeness (QED) is 0.592. The summed E-state index contributed by atoms with van der Waals surface area (Å²) in [6.07, 6.45) is 4.73. The molecular weight excluding hydrogens is 333 g/mol. The Morgan fingerprint density at radius 1 is 1.59 bits per heavy atom. The minimum absolute atomic E-state index is 0.139. The molecule has 0 saturated heterocycles. The molecule has 1 aliphatic heterocycles. The van der Waals surface area contributed by atoms with E-state index >= 15 is 0 Å². The minimum atomic E-state index is -0.893. The van der Waals surface area contributed by atoms with Gasteiger partial charge in [0.05, 0.1) is 9.50 Å². The van der Waals surface area contributed by atoms with Crippen molar-refractivity contribution in [3.63, 3.8) is 0 Å². The van der Waals surface area contributed by atoms with Crippen molar-refractivity contribution in [1.82, 2.24) is 0 Å². The Balaban J connectivity index is 2.49. The number of halogens is 1. The van der Waals surface area contributed by atoms with Crippen molar-refractivity contribution in [2.45, 2.75) is 43.0 Å². The van der Waals surface area contributed by atoms with E-state index in [9.17, 15) is 9.59 Å². The first kappa shape index (κ1) is 14.3. The molecule has 1 aliphatic rings. The van der Waals surface area contributed by atoms with Gasteiger partial charge in [-0.3, -0.25) is 9.79 Å². The van der Waals surface area contributed by atoms with Gasteiger partial charge in [-0.15, -0.1) is 0 Å². The molecule has 1 unspecified atom stereocenters. The number of carbonyl (C=O) groups is 2. The van der Waals surface area contributed by atoms with Gasteiger partial charge >= 0.3 is 5.97 Å². The van der Waals surface area contributed by atoms with E-state index in [1.165, 1.54) is 6.20 Å². The van der Waals surface area contributed by atoms with Crippen LogP contribution in [0, 0.1) is 0 Å². The van der Waals surface area contributed by atoms with Gasteiger partial charge in [-0.05, 0) is 19.3 Å². The molecule has 0 fully saturated rings. The lowest BCUT2D eigenvalue weighted by atomic mass is 10.0. The second-order valence-corrected chi connectivity index (χ2v) is 5.50. The highest BCUT2D eigenvalue weighted by atomic mass is 127.